The van der Waals surface area contributed by atoms with Crippen molar-refractivity contribution in [2.75, 3.05) is 11.9 Å². The van der Waals surface area contributed by atoms with Crippen LogP contribution in [0.25, 0.3) is 0 Å². The molecule has 128 valence electrons. The molecule has 7 heteroatoms. The predicted molar refractivity (Wildman–Crippen MR) is 93.0 cm³/mol. The van der Waals surface area contributed by atoms with E-state index in [1.165, 1.54) is 10.8 Å². The first kappa shape index (κ1) is 16.7. The van der Waals surface area contributed by atoms with Gasteiger partial charge in [-0.05, 0) is 36.6 Å². The number of carbonyl (C=O) groups is 1. The summed E-state index contributed by atoms with van der Waals surface area (Å²) in [6, 6.07) is 11.2. The highest BCUT2D eigenvalue weighted by atomic mass is 16.2. The van der Waals surface area contributed by atoms with Crippen molar-refractivity contribution in [1.82, 2.24) is 14.5 Å². The molecule has 1 aromatic carbocycles. The van der Waals surface area contributed by atoms with Crippen molar-refractivity contribution in [2.24, 2.45) is 0 Å². The molecule has 7 nitrogen and oxygen atoms in total. The van der Waals surface area contributed by atoms with Crippen LogP contribution >= 0.6 is 0 Å². The third kappa shape index (κ3) is 4.44. The summed E-state index contributed by atoms with van der Waals surface area (Å²) in [7, 11) is 0. The molecule has 1 aliphatic rings. The van der Waals surface area contributed by atoms with Gasteiger partial charge in [0, 0.05) is 30.7 Å². The molecule has 2 amide bonds. The highest BCUT2D eigenvalue weighted by molar-refractivity contribution is 5.89. The van der Waals surface area contributed by atoms with Gasteiger partial charge in [0.05, 0.1) is 19.0 Å². The van der Waals surface area contributed by atoms with Crippen molar-refractivity contribution in [3.8, 4) is 6.07 Å². The summed E-state index contributed by atoms with van der Waals surface area (Å²) >= 11 is 0. The fraction of sp³-hybridized carbons (Fsp3) is 0.333. The normalized spacial score (nSPS) is 13.1. The smallest absolute Gasteiger partial charge is 0.321 e. The standard InChI is InChI=1S/C18H19N5O2/c19-8-2-11-23(16-6-7-16)18(25)21-15-5-1-4-14(12-15)13-22-10-3-9-20-17(22)24/h1,3-5,9-10,12,16H,2,6-7,11,13H2,(H,21,25). The van der Waals surface area contributed by atoms with Gasteiger partial charge in [-0.3, -0.25) is 4.57 Å². The Hall–Kier alpha value is -3.14. The highest BCUT2D eigenvalue weighted by Crippen LogP contribution is 2.27. The largest absolute Gasteiger partial charge is 0.347 e. The molecule has 1 heterocycles. The van der Waals surface area contributed by atoms with Crippen LogP contribution in [0.1, 0.15) is 24.8 Å². The van der Waals surface area contributed by atoms with Crippen LogP contribution < -0.4 is 11.0 Å². The molecule has 1 aromatic heterocycles. The summed E-state index contributed by atoms with van der Waals surface area (Å²) in [4.78, 5) is 29.6. The molecule has 0 unspecified atom stereocenters. The fourth-order valence-corrected chi connectivity index (χ4v) is 2.65. The Kier molecular flexibility index (Phi) is 5.09. The average molecular weight is 337 g/mol. The molecule has 3 rings (SSSR count). The minimum absolute atomic E-state index is 0.187. The van der Waals surface area contributed by atoms with Gasteiger partial charge in [0.1, 0.15) is 0 Å². The Morgan fingerprint density at radius 3 is 2.96 bits per heavy atom. The zero-order valence-corrected chi connectivity index (χ0v) is 13.8. The third-order valence-corrected chi connectivity index (χ3v) is 4.03. The van der Waals surface area contributed by atoms with E-state index in [4.69, 9.17) is 5.26 Å². The Balaban J connectivity index is 1.69. The lowest BCUT2D eigenvalue weighted by Gasteiger charge is -2.21. The summed E-state index contributed by atoms with van der Waals surface area (Å²) in [6.07, 6.45) is 5.44. The Morgan fingerprint density at radius 1 is 1.40 bits per heavy atom. The first-order chi connectivity index (χ1) is 12.2. The monoisotopic (exact) mass is 337 g/mol. The quantitative estimate of drug-likeness (QED) is 0.875. The summed E-state index contributed by atoms with van der Waals surface area (Å²) in [5.41, 5.74) is 1.25. The molecule has 0 atom stereocenters. The van der Waals surface area contributed by atoms with Crippen LogP contribution in [0.5, 0.6) is 0 Å². The van der Waals surface area contributed by atoms with E-state index >= 15 is 0 Å². The number of nitrogens with zero attached hydrogens (tertiary/aromatic N) is 4. The van der Waals surface area contributed by atoms with Gasteiger partial charge in [-0.1, -0.05) is 12.1 Å². The first-order valence-corrected chi connectivity index (χ1v) is 8.22. The van der Waals surface area contributed by atoms with Crippen molar-refractivity contribution in [3.63, 3.8) is 0 Å². The number of nitrogens with one attached hydrogen (secondary N) is 1. The minimum Gasteiger partial charge on any atom is -0.321 e. The van der Waals surface area contributed by atoms with E-state index in [-0.39, 0.29) is 17.8 Å². The van der Waals surface area contributed by atoms with Crippen molar-refractivity contribution >= 4 is 11.7 Å². The summed E-state index contributed by atoms with van der Waals surface area (Å²) in [6.45, 7) is 0.828. The Bertz CT molecular complexity index is 851. The van der Waals surface area contributed by atoms with Crippen LogP contribution in [0.15, 0.2) is 47.5 Å². The molecular weight excluding hydrogens is 318 g/mol. The zero-order chi connectivity index (χ0) is 17.6. The van der Waals surface area contributed by atoms with Gasteiger partial charge >= 0.3 is 11.7 Å². The van der Waals surface area contributed by atoms with Crippen LogP contribution in [0.2, 0.25) is 0 Å². The van der Waals surface area contributed by atoms with Gasteiger partial charge in [-0.25, -0.2) is 14.6 Å². The number of hydrogen-bond acceptors (Lipinski definition) is 4. The fourth-order valence-electron chi connectivity index (χ4n) is 2.65. The number of urea groups is 1. The van der Waals surface area contributed by atoms with E-state index in [2.05, 4.69) is 16.4 Å². The van der Waals surface area contributed by atoms with Crippen molar-refractivity contribution in [2.45, 2.75) is 31.8 Å². The van der Waals surface area contributed by atoms with E-state index < -0.39 is 0 Å². The molecule has 0 bridgehead atoms. The van der Waals surface area contributed by atoms with Gasteiger partial charge in [0.15, 0.2) is 0 Å². The molecule has 1 N–H and O–H groups in total. The SMILES string of the molecule is N#CCCN(C(=O)Nc1cccc(Cn2cccnc2=O)c1)C1CC1. The van der Waals surface area contributed by atoms with Crippen LogP contribution in [-0.2, 0) is 6.54 Å². The first-order valence-electron chi connectivity index (χ1n) is 8.22. The predicted octanol–water partition coefficient (Wildman–Crippen LogP) is 2.20. The maximum Gasteiger partial charge on any atom is 0.347 e. The van der Waals surface area contributed by atoms with E-state index in [9.17, 15) is 9.59 Å². The molecule has 1 aliphatic carbocycles. The molecule has 1 saturated carbocycles. The topological polar surface area (TPSA) is 91.0 Å². The number of benzene rings is 1. The number of amides is 2. The summed E-state index contributed by atoms with van der Waals surface area (Å²) in [5.74, 6) is 0. The number of hydrogen-bond donors (Lipinski definition) is 1. The lowest BCUT2D eigenvalue weighted by atomic mass is 10.2. The highest BCUT2D eigenvalue weighted by Gasteiger charge is 2.32. The lowest BCUT2D eigenvalue weighted by molar-refractivity contribution is 0.210. The Morgan fingerprint density at radius 2 is 2.24 bits per heavy atom. The van der Waals surface area contributed by atoms with Gasteiger partial charge in [-0.15, -0.1) is 0 Å². The number of rotatable bonds is 6. The Labute approximate surface area is 145 Å². The maximum absolute atomic E-state index is 12.5. The van der Waals surface area contributed by atoms with Crippen LogP contribution in [-0.4, -0.2) is 33.1 Å². The number of anilines is 1. The molecule has 25 heavy (non-hydrogen) atoms. The third-order valence-electron chi connectivity index (χ3n) is 4.03. The second kappa shape index (κ2) is 7.62. The average Bonchev–Trinajstić information content (AvgIpc) is 3.43. The molecule has 0 saturated heterocycles. The molecule has 2 aromatic rings. The van der Waals surface area contributed by atoms with Crippen molar-refractivity contribution in [3.05, 3.63) is 58.8 Å². The molecule has 0 radical (unpaired) electrons. The van der Waals surface area contributed by atoms with E-state index in [1.807, 2.05) is 24.3 Å². The summed E-state index contributed by atoms with van der Waals surface area (Å²) in [5, 5.41) is 11.6. The molecule has 1 fully saturated rings. The number of nitriles is 1. The minimum atomic E-state index is -0.312. The molecule has 0 aliphatic heterocycles. The van der Waals surface area contributed by atoms with Crippen LogP contribution in [0.3, 0.4) is 0 Å². The lowest BCUT2D eigenvalue weighted by Crippen LogP contribution is -2.37. The maximum atomic E-state index is 12.5. The molecule has 0 spiro atoms. The number of carbonyl (C=O) groups excluding carboxylic acids is 1. The van der Waals surface area contributed by atoms with E-state index in [1.54, 1.807) is 17.2 Å². The van der Waals surface area contributed by atoms with Crippen molar-refractivity contribution in [1.29, 1.82) is 5.26 Å². The van der Waals surface area contributed by atoms with E-state index in [0.717, 1.165) is 18.4 Å². The molecular formula is C18H19N5O2. The number of aromatic nitrogens is 2. The van der Waals surface area contributed by atoms with Crippen LogP contribution in [0.4, 0.5) is 10.5 Å². The van der Waals surface area contributed by atoms with Gasteiger partial charge in [0.25, 0.3) is 0 Å². The van der Waals surface area contributed by atoms with Gasteiger partial charge in [0.2, 0.25) is 0 Å². The second-order valence-electron chi connectivity index (χ2n) is 5.99. The second-order valence-corrected chi connectivity index (χ2v) is 5.99. The summed E-state index contributed by atoms with van der Waals surface area (Å²) < 4.78 is 1.50. The van der Waals surface area contributed by atoms with Crippen LogP contribution in [0, 0.1) is 11.3 Å². The van der Waals surface area contributed by atoms with Gasteiger partial charge < -0.3 is 10.2 Å². The zero-order valence-electron chi connectivity index (χ0n) is 13.8. The van der Waals surface area contributed by atoms with Gasteiger partial charge in [-0.2, -0.15) is 5.26 Å². The van der Waals surface area contributed by atoms with Crippen molar-refractivity contribution < 1.29 is 4.79 Å². The van der Waals surface area contributed by atoms with E-state index in [0.29, 0.717) is 25.2 Å².